The summed E-state index contributed by atoms with van der Waals surface area (Å²) in [5.41, 5.74) is 0.826. The Balaban J connectivity index is 2.47. The molecule has 0 radical (unpaired) electrons. The van der Waals surface area contributed by atoms with E-state index in [4.69, 9.17) is 9.94 Å². The maximum Gasteiger partial charge on any atom is 0.288 e. The zero-order valence-corrected chi connectivity index (χ0v) is 16.1. The van der Waals surface area contributed by atoms with Crippen LogP contribution in [-0.4, -0.2) is 28.3 Å². The van der Waals surface area contributed by atoms with Crippen LogP contribution in [0.15, 0.2) is 33.5 Å². The minimum Gasteiger partial charge on any atom is -0.391 e. The SMILES string of the molecule is CCn1c(Nc2ccc(Br)cc2F)c(C(=O)NOC[C@H](C)O)cc(F)c1=O. The van der Waals surface area contributed by atoms with Crippen LogP contribution in [0.25, 0.3) is 0 Å². The second-order valence-corrected chi connectivity index (χ2v) is 6.56. The van der Waals surface area contributed by atoms with Crippen LogP contribution in [0.4, 0.5) is 20.3 Å². The first kappa shape index (κ1) is 21.0. The number of amides is 1. The van der Waals surface area contributed by atoms with Crippen molar-refractivity contribution in [2.45, 2.75) is 26.5 Å². The highest BCUT2D eigenvalue weighted by molar-refractivity contribution is 9.10. The second kappa shape index (κ2) is 9.07. The van der Waals surface area contributed by atoms with Crippen molar-refractivity contribution in [2.24, 2.45) is 0 Å². The molecule has 10 heteroatoms. The number of hydroxylamine groups is 1. The molecule has 0 bridgehead atoms. The van der Waals surface area contributed by atoms with E-state index < -0.39 is 29.2 Å². The number of carbonyl (C=O) groups is 1. The number of rotatable bonds is 7. The monoisotopic (exact) mass is 445 g/mol. The van der Waals surface area contributed by atoms with Crippen molar-refractivity contribution in [2.75, 3.05) is 11.9 Å². The van der Waals surface area contributed by atoms with Crippen molar-refractivity contribution in [3.63, 3.8) is 0 Å². The number of nitrogens with zero attached hydrogens (tertiary/aromatic N) is 1. The summed E-state index contributed by atoms with van der Waals surface area (Å²) in [6, 6.07) is 4.91. The Labute approximate surface area is 162 Å². The third kappa shape index (κ3) is 5.12. The van der Waals surface area contributed by atoms with Gasteiger partial charge in [0.05, 0.1) is 17.4 Å². The number of anilines is 2. The van der Waals surface area contributed by atoms with Gasteiger partial charge in [0.25, 0.3) is 11.5 Å². The lowest BCUT2D eigenvalue weighted by molar-refractivity contribution is -0.00687. The summed E-state index contributed by atoms with van der Waals surface area (Å²) in [6.07, 6.45) is -0.832. The van der Waals surface area contributed by atoms with Crippen molar-refractivity contribution < 1.29 is 23.5 Å². The van der Waals surface area contributed by atoms with Crippen LogP contribution in [0.5, 0.6) is 0 Å². The molecule has 0 fully saturated rings. The van der Waals surface area contributed by atoms with E-state index in [1.165, 1.54) is 19.1 Å². The van der Waals surface area contributed by atoms with E-state index in [1.807, 2.05) is 0 Å². The lowest BCUT2D eigenvalue weighted by atomic mass is 10.2. The summed E-state index contributed by atoms with van der Waals surface area (Å²) >= 11 is 3.14. The molecule has 1 atom stereocenters. The summed E-state index contributed by atoms with van der Waals surface area (Å²) in [6.45, 7) is 2.87. The zero-order valence-electron chi connectivity index (χ0n) is 14.6. The smallest absolute Gasteiger partial charge is 0.288 e. The summed E-state index contributed by atoms with van der Waals surface area (Å²) in [7, 11) is 0. The van der Waals surface area contributed by atoms with Crippen LogP contribution in [0, 0.1) is 11.6 Å². The molecule has 27 heavy (non-hydrogen) atoms. The fourth-order valence-electron chi connectivity index (χ4n) is 2.24. The summed E-state index contributed by atoms with van der Waals surface area (Å²) in [5, 5.41) is 11.8. The molecule has 0 aliphatic rings. The predicted molar refractivity (Wildman–Crippen MR) is 98.8 cm³/mol. The Morgan fingerprint density at radius 1 is 1.33 bits per heavy atom. The number of aromatic nitrogens is 1. The number of hydrogen-bond donors (Lipinski definition) is 3. The van der Waals surface area contributed by atoms with Gasteiger partial charge in [0.1, 0.15) is 18.2 Å². The molecule has 0 aliphatic heterocycles. The van der Waals surface area contributed by atoms with Crippen molar-refractivity contribution in [1.29, 1.82) is 0 Å². The van der Waals surface area contributed by atoms with Crippen LogP contribution < -0.4 is 16.4 Å². The fraction of sp³-hybridized carbons (Fsp3) is 0.294. The molecule has 2 aromatic rings. The second-order valence-electron chi connectivity index (χ2n) is 5.64. The largest absolute Gasteiger partial charge is 0.391 e. The highest BCUT2D eigenvalue weighted by Crippen LogP contribution is 2.25. The standard InChI is InChI=1S/C17H18BrF2N3O4/c1-3-23-15(21-14-5-4-10(18)6-12(14)19)11(7-13(20)17(23)26)16(25)22-27-8-9(2)24/h4-7,9,21,24H,3,8H2,1-2H3,(H,22,25)/t9-/m0/s1. The van der Waals surface area contributed by atoms with Gasteiger partial charge >= 0.3 is 0 Å². The van der Waals surface area contributed by atoms with Gasteiger partial charge in [-0.05, 0) is 38.1 Å². The van der Waals surface area contributed by atoms with Crippen LogP contribution in [0.2, 0.25) is 0 Å². The first-order valence-corrected chi connectivity index (χ1v) is 8.79. The molecule has 0 saturated carbocycles. The van der Waals surface area contributed by atoms with Gasteiger partial charge in [-0.3, -0.25) is 19.0 Å². The maximum atomic E-state index is 14.2. The predicted octanol–water partition coefficient (Wildman–Crippen LogP) is 2.69. The molecule has 146 valence electrons. The highest BCUT2D eigenvalue weighted by atomic mass is 79.9. The molecule has 0 unspecified atom stereocenters. The van der Waals surface area contributed by atoms with E-state index in [1.54, 1.807) is 13.0 Å². The first-order chi connectivity index (χ1) is 12.7. The molecule has 3 N–H and O–H groups in total. The van der Waals surface area contributed by atoms with Crippen molar-refractivity contribution in [3.05, 3.63) is 56.3 Å². The van der Waals surface area contributed by atoms with E-state index in [9.17, 15) is 18.4 Å². The number of nitrogens with one attached hydrogen (secondary N) is 2. The van der Waals surface area contributed by atoms with Gasteiger partial charge in [0.2, 0.25) is 0 Å². The minimum absolute atomic E-state index is 0.00893. The molecule has 1 amide bonds. The third-order valence-electron chi connectivity index (χ3n) is 3.48. The lowest BCUT2D eigenvalue weighted by Crippen LogP contribution is -2.32. The molecule has 1 aromatic carbocycles. The topological polar surface area (TPSA) is 92.6 Å². The molecule has 0 saturated heterocycles. The summed E-state index contributed by atoms with van der Waals surface area (Å²) in [4.78, 5) is 29.3. The molecule has 7 nitrogen and oxygen atoms in total. The minimum atomic E-state index is -1.14. The average molecular weight is 446 g/mol. The Morgan fingerprint density at radius 3 is 2.63 bits per heavy atom. The normalized spacial score (nSPS) is 11.9. The quantitative estimate of drug-likeness (QED) is 0.569. The van der Waals surface area contributed by atoms with Crippen LogP contribution in [-0.2, 0) is 11.4 Å². The Bertz CT molecular complexity index is 902. The average Bonchev–Trinajstić information content (AvgIpc) is 2.60. The van der Waals surface area contributed by atoms with Crippen molar-refractivity contribution in [1.82, 2.24) is 10.0 Å². The van der Waals surface area contributed by atoms with Crippen molar-refractivity contribution >= 4 is 33.3 Å². The molecular formula is C17H18BrF2N3O4. The molecule has 1 heterocycles. The maximum absolute atomic E-state index is 14.2. The van der Waals surface area contributed by atoms with E-state index >= 15 is 0 Å². The number of hydrogen-bond acceptors (Lipinski definition) is 5. The van der Waals surface area contributed by atoms with Gasteiger partial charge < -0.3 is 10.4 Å². The molecule has 1 aromatic heterocycles. The summed E-state index contributed by atoms with van der Waals surface area (Å²) < 4.78 is 29.6. The third-order valence-corrected chi connectivity index (χ3v) is 3.97. The molecule has 2 rings (SSSR count). The lowest BCUT2D eigenvalue weighted by Gasteiger charge is -2.18. The van der Waals surface area contributed by atoms with Crippen LogP contribution in [0.3, 0.4) is 0 Å². The van der Waals surface area contributed by atoms with E-state index in [-0.39, 0.29) is 30.2 Å². The fourth-order valence-corrected chi connectivity index (χ4v) is 2.58. The van der Waals surface area contributed by atoms with Crippen LogP contribution in [0.1, 0.15) is 24.2 Å². The Morgan fingerprint density at radius 2 is 2.04 bits per heavy atom. The van der Waals surface area contributed by atoms with E-state index in [0.717, 1.165) is 10.6 Å². The number of aliphatic hydroxyl groups excluding tert-OH is 1. The van der Waals surface area contributed by atoms with Gasteiger partial charge in [-0.2, -0.15) is 0 Å². The molecule has 0 aliphatic carbocycles. The van der Waals surface area contributed by atoms with E-state index in [2.05, 4.69) is 26.7 Å². The number of pyridine rings is 1. The Hall–Kier alpha value is -2.30. The van der Waals surface area contributed by atoms with Gasteiger partial charge in [0.15, 0.2) is 5.82 Å². The Kier molecular flexibility index (Phi) is 7.05. The highest BCUT2D eigenvalue weighted by Gasteiger charge is 2.21. The van der Waals surface area contributed by atoms with Gasteiger partial charge in [-0.1, -0.05) is 15.9 Å². The molecular weight excluding hydrogens is 428 g/mol. The van der Waals surface area contributed by atoms with Crippen molar-refractivity contribution in [3.8, 4) is 0 Å². The molecule has 0 spiro atoms. The number of benzene rings is 1. The number of carbonyl (C=O) groups excluding carboxylic acids is 1. The first-order valence-electron chi connectivity index (χ1n) is 8.00. The van der Waals surface area contributed by atoms with Gasteiger partial charge in [-0.15, -0.1) is 0 Å². The zero-order chi connectivity index (χ0) is 20.1. The van der Waals surface area contributed by atoms with E-state index in [0.29, 0.717) is 4.47 Å². The van der Waals surface area contributed by atoms with Crippen LogP contribution >= 0.6 is 15.9 Å². The summed E-state index contributed by atoms with van der Waals surface area (Å²) in [5.74, 6) is -2.74. The number of halogens is 3. The van der Waals surface area contributed by atoms with Gasteiger partial charge in [0, 0.05) is 11.0 Å². The van der Waals surface area contributed by atoms with Gasteiger partial charge in [-0.25, -0.2) is 14.3 Å². The number of aliphatic hydroxyl groups is 1.